The summed E-state index contributed by atoms with van der Waals surface area (Å²) < 4.78 is 5.49. The molecule has 0 aromatic carbocycles. The van der Waals surface area contributed by atoms with E-state index in [1.807, 2.05) is 0 Å². The molecule has 0 aromatic heterocycles. The highest BCUT2D eigenvalue weighted by Crippen LogP contribution is 2.18. The highest BCUT2D eigenvalue weighted by molar-refractivity contribution is 5.76. The molecular formula is C56H111NO5. The van der Waals surface area contributed by atoms with Gasteiger partial charge < -0.3 is 20.3 Å². The first-order valence-electron chi connectivity index (χ1n) is 28.3. The van der Waals surface area contributed by atoms with Gasteiger partial charge in [-0.2, -0.15) is 0 Å². The van der Waals surface area contributed by atoms with E-state index in [1.165, 1.54) is 238 Å². The molecule has 0 bridgehead atoms. The molecule has 370 valence electrons. The molecule has 6 nitrogen and oxygen atoms in total. The van der Waals surface area contributed by atoms with Crippen molar-refractivity contribution in [1.82, 2.24) is 5.32 Å². The number of rotatable bonds is 53. The van der Waals surface area contributed by atoms with Crippen LogP contribution in [0.25, 0.3) is 0 Å². The zero-order valence-electron chi connectivity index (χ0n) is 42.1. The molecule has 0 saturated carbocycles. The maximum absolute atomic E-state index is 12.4. The SMILES string of the molecule is CCCCCCCCCCCCCCCCCCCCC(=O)OCCCCCCCCCCCCCCCCC(=O)NC(CO)C(O)CCCCCCCCCCCCCCC. The van der Waals surface area contributed by atoms with Gasteiger partial charge in [0.1, 0.15) is 0 Å². The summed E-state index contributed by atoms with van der Waals surface area (Å²) in [5, 5.41) is 23.2. The second kappa shape index (κ2) is 52.5. The van der Waals surface area contributed by atoms with Crippen LogP contribution in [0.4, 0.5) is 0 Å². The number of amides is 1. The fraction of sp³-hybridized carbons (Fsp3) is 0.964. The summed E-state index contributed by atoms with van der Waals surface area (Å²) in [5.74, 6) is -0.0404. The van der Waals surface area contributed by atoms with Gasteiger partial charge in [0, 0.05) is 12.8 Å². The standard InChI is InChI=1S/C56H111NO5/c1-3-5-7-9-11-13-15-17-18-19-20-21-26-30-34-38-42-46-50-56(61)62-51-47-43-39-35-31-27-23-22-25-29-33-37-41-45-49-55(60)57-53(52-58)54(59)48-44-40-36-32-28-24-16-14-12-10-8-6-4-2/h53-54,58-59H,3-52H2,1-2H3,(H,57,60). The number of carbonyl (C=O) groups is 2. The van der Waals surface area contributed by atoms with Crippen LogP contribution in [0.15, 0.2) is 0 Å². The van der Waals surface area contributed by atoms with Crippen molar-refractivity contribution in [2.24, 2.45) is 0 Å². The number of carbonyl (C=O) groups excluding carboxylic acids is 2. The maximum Gasteiger partial charge on any atom is 0.305 e. The lowest BCUT2D eigenvalue weighted by atomic mass is 10.0. The number of aliphatic hydroxyl groups is 2. The lowest BCUT2D eigenvalue weighted by molar-refractivity contribution is -0.143. The predicted molar refractivity (Wildman–Crippen MR) is 269 cm³/mol. The van der Waals surface area contributed by atoms with Gasteiger partial charge in [-0.3, -0.25) is 9.59 Å². The fourth-order valence-corrected chi connectivity index (χ4v) is 9.05. The van der Waals surface area contributed by atoms with E-state index in [2.05, 4.69) is 19.2 Å². The Hall–Kier alpha value is -1.14. The van der Waals surface area contributed by atoms with E-state index in [9.17, 15) is 19.8 Å². The number of aliphatic hydroxyl groups excluding tert-OH is 2. The molecule has 0 radical (unpaired) electrons. The van der Waals surface area contributed by atoms with Gasteiger partial charge >= 0.3 is 5.97 Å². The zero-order chi connectivity index (χ0) is 45.1. The van der Waals surface area contributed by atoms with Crippen LogP contribution in [0, 0.1) is 0 Å². The van der Waals surface area contributed by atoms with Crippen LogP contribution in [0.2, 0.25) is 0 Å². The lowest BCUT2D eigenvalue weighted by Gasteiger charge is -2.22. The molecule has 3 N–H and O–H groups in total. The molecule has 2 atom stereocenters. The second-order valence-corrected chi connectivity index (χ2v) is 19.6. The largest absolute Gasteiger partial charge is 0.466 e. The minimum absolute atomic E-state index is 0.00301. The minimum Gasteiger partial charge on any atom is -0.466 e. The van der Waals surface area contributed by atoms with Gasteiger partial charge in [0.2, 0.25) is 5.91 Å². The van der Waals surface area contributed by atoms with Crippen LogP contribution in [-0.2, 0) is 14.3 Å². The van der Waals surface area contributed by atoms with Crippen LogP contribution >= 0.6 is 0 Å². The third-order valence-electron chi connectivity index (χ3n) is 13.4. The minimum atomic E-state index is -0.669. The van der Waals surface area contributed by atoms with E-state index in [0.29, 0.717) is 25.9 Å². The van der Waals surface area contributed by atoms with Crippen LogP contribution < -0.4 is 5.32 Å². The van der Waals surface area contributed by atoms with Crippen LogP contribution in [0.5, 0.6) is 0 Å². The Kier molecular flexibility index (Phi) is 51.5. The van der Waals surface area contributed by atoms with Crippen LogP contribution in [-0.4, -0.2) is 47.4 Å². The van der Waals surface area contributed by atoms with Gasteiger partial charge in [-0.25, -0.2) is 0 Å². The van der Waals surface area contributed by atoms with Gasteiger partial charge in [-0.15, -0.1) is 0 Å². The number of ether oxygens (including phenoxy) is 1. The normalized spacial score (nSPS) is 12.5. The van der Waals surface area contributed by atoms with Crippen molar-refractivity contribution in [2.75, 3.05) is 13.2 Å². The van der Waals surface area contributed by atoms with Crippen LogP contribution in [0.3, 0.4) is 0 Å². The van der Waals surface area contributed by atoms with Crippen molar-refractivity contribution < 1.29 is 24.5 Å². The third kappa shape index (κ3) is 48.3. The molecule has 0 aromatic rings. The van der Waals surface area contributed by atoms with E-state index >= 15 is 0 Å². The molecule has 2 unspecified atom stereocenters. The Morgan fingerprint density at radius 3 is 0.984 bits per heavy atom. The van der Waals surface area contributed by atoms with E-state index in [0.717, 1.165) is 51.4 Å². The highest BCUT2D eigenvalue weighted by Gasteiger charge is 2.20. The van der Waals surface area contributed by atoms with E-state index in [4.69, 9.17) is 4.74 Å². The monoisotopic (exact) mass is 878 g/mol. The van der Waals surface area contributed by atoms with Crippen molar-refractivity contribution in [3.63, 3.8) is 0 Å². The Morgan fingerprint density at radius 2 is 0.661 bits per heavy atom. The average molecular weight is 879 g/mol. The maximum atomic E-state index is 12.4. The van der Waals surface area contributed by atoms with Crippen molar-refractivity contribution in [3.05, 3.63) is 0 Å². The Labute approximate surface area is 387 Å². The van der Waals surface area contributed by atoms with E-state index < -0.39 is 12.1 Å². The summed E-state index contributed by atoms with van der Waals surface area (Å²) in [4.78, 5) is 24.5. The van der Waals surface area contributed by atoms with Gasteiger partial charge in [0.15, 0.2) is 0 Å². The smallest absolute Gasteiger partial charge is 0.305 e. The van der Waals surface area contributed by atoms with Gasteiger partial charge in [0.05, 0.1) is 25.4 Å². The third-order valence-corrected chi connectivity index (χ3v) is 13.4. The number of nitrogens with one attached hydrogen (secondary N) is 1. The van der Waals surface area contributed by atoms with E-state index in [1.54, 1.807) is 0 Å². The number of hydrogen-bond donors (Lipinski definition) is 3. The summed E-state index contributed by atoms with van der Waals surface area (Å²) in [6.45, 7) is 4.95. The molecule has 0 aliphatic rings. The summed E-state index contributed by atoms with van der Waals surface area (Å²) in [6, 6.07) is -0.547. The number of esters is 1. The molecule has 0 rings (SSSR count). The highest BCUT2D eigenvalue weighted by atomic mass is 16.5. The first-order valence-corrected chi connectivity index (χ1v) is 28.3. The van der Waals surface area contributed by atoms with Crippen molar-refractivity contribution in [2.45, 2.75) is 334 Å². The summed E-state index contributed by atoms with van der Waals surface area (Å²) in [7, 11) is 0. The molecule has 0 heterocycles. The summed E-state index contributed by atoms with van der Waals surface area (Å²) >= 11 is 0. The molecule has 6 heteroatoms. The molecule has 0 aliphatic carbocycles. The molecule has 0 spiro atoms. The first kappa shape index (κ1) is 60.9. The topological polar surface area (TPSA) is 95.9 Å². The first-order chi connectivity index (χ1) is 30.5. The Bertz CT molecular complexity index is 882. The fourth-order valence-electron chi connectivity index (χ4n) is 9.05. The van der Waals surface area contributed by atoms with Crippen LogP contribution in [0.1, 0.15) is 322 Å². The quantitative estimate of drug-likeness (QED) is 0.0418. The van der Waals surface area contributed by atoms with E-state index in [-0.39, 0.29) is 18.5 Å². The molecule has 0 aliphatic heterocycles. The zero-order valence-corrected chi connectivity index (χ0v) is 42.1. The second-order valence-electron chi connectivity index (χ2n) is 19.6. The van der Waals surface area contributed by atoms with Gasteiger partial charge in [-0.1, -0.05) is 284 Å². The van der Waals surface area contributed by atoms with Gasteiger partial charge in [0.25, 0.3) is 0 Å². The summed E-state index contributed by atoms with van der Waals surface area (Å²) in [6.07, 6.45) is 59.4. The van der Waals surface area contributed by atoms with Crippen molar-refractivity contribution in [3.8, 4) is 0 Å². The van der Waals surface area contributed by atoms with Crippen molar-refractivity contribution in [1.29, 1.82) is 0 Å². The summed E-state index contributed by atoms with van der Waals surface area (Å²) in [5.41, 5.74) is 0. The lowest BCUT2D eigenvalue weighted by Crippen LogP contribution is -2.45. The molecule has 62 heavy (non-hydrogen) atoms. The number of hydrogen-bond acceptors (Lipinski definition) is 5. The van der Waals surface area contributed by atoms with Crippen molar-refractivity contribution >= 4 is 11.9 Å². The molecule has 0 fully saturated rings. The molecular weight excluding hydrogens is 767 g/mol. The van der Waals surface area contributed by atoms with Gasteiger partial charge in [-0.05, 0) is 25.7 Å². The average Bonchev–Trinajstić information content (AvgIpc) is 3.27. The predicted octanol–water partition coefficient (Wildman–Crippen LogP) is 17.1. The Morgan fingerprint density at radius 1 is 0.387 bits per heavy atom. The number of unbranched alkanes of at least 4 members (excludes halogenated alkanes) is 42. The Balaban J connectivity index is 3.39. The molecule has 0 saturated heterocycles. The molecule has 1 amide bonds.